The molecule has 2 rings (SSSR count). The highest BCUT2D eigenvalue weighted by Crippen LogP contribution is 2.31. The molecule has 0 aromatic heterocycles. The Hall–Kier alpha value is -1.32. The maximum atomic E-state index is 5.96. The van der Waals surface area contributed by atoms with E-state index in [0.29, 0.717) is 0 Å². The second-order valence-corrected chi connectivity index (χ2v) is 5.03. The number of ether oxygens (including phenoxy) is 1. The van der Waals surface area contributed by atoms with Crippen LogP contribution in [0.4, 0.5) is 0 Å². The summed E-state index contributed by atoms with van der Waals surface area (Å²) in [5.74, 6) is 1.72. The lowest BCUT2D eigenvalue weighted by Gasteiger charge is -2.12. The lowest BCUT2D eigenvalue weighted by Crippen LogP contribution is -2.06. The van der Waals surface area contributed by atoms with E-state index in [2.05, 4.69) is 40.3 Å². The molecule has 0 aliphatic heterocycles. The number of para-hydroxylation sites is 1. The van der Waals surface area contributed by atoms with Crippen molar-refractivity contribution in [2.24, 2.45) is 0 Å². The molecule has 0 amide bonds. The normalized spacial score (nSPS) is 10.4. The van der Waals surface area contributed by atoms with Gasteiger partial charge in [-0.25, -0.2) is 0 Å². The topological polar surface area (TPSA) is 21.3 Å². The monoisotopic (exact) mass is 305 g/mol. The predicted molar refractivity (Wildman–Crippen MR) is 78.2 cm³/mol. The van der Waals surface area contributed by atoms with Crippen molar-refractivity contribution in [3.8, 4) is 11.5 Å². The van der Waals surface area contributed by atoms with Gasteiger partial charge < -0.3 is 10.1 Å². The Morgan fingerprint density at radius 1 is 1.11 bits per heavy atom. The molecule has 0 aliphatic carbocycles. The van der Waals surface area contributed by atoms with Gasteiger partial charge in [0.15, 0.2) is 0 Å². The number of benzene rings is 2. The van der Waals surface area contributed by atoms with E-state index in [0.717, 1.165) is 28.1 Å². The van der Waals surface area contributed by atoms with E-state index in [1.165, 1.54) is 5.56 Å². The lowest BCUT2D eigenvalue weighted by atomic mass is 10.2. The molecule has 0 fully saturated rings. The summed E-state index contributed by atoms with van der Waals surface area (Å²) in [5.41, 5.74) is 2.35. The van der Waals surface area contributed by atoms with Gasteiger partial charge in [-0.05, 0) is 53.7 Å². The largest absolute Gasteiger partial charge is 0.456 e. The number of hydrogen-bond acceptors (Lipinski definition) is 2. The van der Waals surface area contributed by atoms with E-state index < -0.39 is 0 Å². The molecule has 2 aromatic rings. The number of hydrogen-bond donors (Lipinski definition) is 1. The minimum atomic E-state index is 0.791. The second kappa shape index (κ2) is 6.03. The molecule has 0 unspecified atom stereocenters. The van der Waals surface area contributed by atoms with Gasteiger partial charge in [0.05, 0.1) is 4.47 Å². The molecule has 0 aliphatic rings. The van der Waals surface area contributed by atoms with E-state index >= 15 is 0 Å². The van der Waals surface area contributed by atoms with Crippen molar-refractivity contribution in [1.29, 1.82) is 0 Å². The zero-order valence-corrected chi connectivity index (χ0v) is 12.1. The highest BCUT2D eigenvalue weighted by molar-refractivity contribution is 9.10. The zero-order valence-electron chi connectivity index (χ0n) is 10.5. The Morgan fingerprint density at radius 2 is 1.89 bits per heavy atom. The molecule has 94 valence electrons. The van der Waals surface area contributed by atoms with Crippen LogP contribution in [0.1, 0.15) is 11.1 Å². The summed E-state index contributed by atoms with van der Waals surface area (Å²) in [6.07, 6.45) is 0. The van der Waals surface area contributed by atoms with Crippen molar-refractivity contribution < 1.29 is 4.74 Å². The van der Waals surface area contributed by atoms with Crippen LogP contribution in [0.25, 0.3) is 0 Å². The van der Waals surface area contributed by atoms with E-state index in [1.807, 2.05) is 37.4 Å². The maximum Gasteiger partial charge on any atom is 0.141 e. The molecule has 2 nitrogen and oxygen atoms in total. The molecule has 18 heavy (non-hydrogen) atoms. The molecular formula is C15H16BrNO. The number of aryl methyl sites for hydroxylation is 1. The van der Waals surface area contributed by atoms with Crippen LogP contribution in [0.15, 0.2) is 46.9 Å². The lowest BCUT2D eigenvalue weighted by molar-refractivity contribution is 0.471. The molecule has 0 saturated heterocycles. The van der Waals surface area contributed by atoms with Gasteiger partial charge in [0, 0.05) is 12.1 Å². The third-order valence-corrected chi connectivity index (χ3v) is 3.27. The van der Waals surface area contributed by atoms with Crippen molar-refractivity contribution in [2.75, 3.05) is 7.05 Å². The van der Waals surface area contributed by atoms with Crippen LogP contribution in [-0.2, 0) is 6.54 Å². The summed E-state index contributed by atoms with van der Waals surface area (Å²) in [6.45, 7) is 2.85. The fraction of sp³-hybridized carbons (Fsp3) is 0.200. The van der Waals surface area contributed by atoms with Crippen molar-refractivity contribution in [1.82, 2.24) is 5.32 Å². The number of rotatable bonds is 4. The first kappa shape index (κ1) is 13.1. The summed E-state index contributed by atoms with van der Waals surface area (Å²) < 4.78 is 6.93. The van der Waals surface area contributed by atoms with E-state index in [-0.39, 0.29) is 0 Å². The third-order valence-electron chi connectivity index (χ3n) is 2.65. The van der Waals surface area contributed by atoms with E-state index in [9.17, 15) is 0 Å². The smallest absolute Gasteiger partial charge is 0.141 e. The third kappa shape index (κ3) is 3.12. The minimum Gasteiger partial charge on any atom is -0.456 e. The molecule has 3 heteroatoms. The van der Waals surface area contributed by atoms with Crippen LogP contribution >= 0.6 is 15.9 Å². The van der Waals surface area contributed by atoms with Gasteiger partial charge in [-0.3, -0.25) is 0 Å². The van der Waals surface area contributed by atoms with Crippen LogP contribution in [0.5, 0.6) is 11.5 Å². The summed E-state index contributed by atoms with van der Waals surface area (Å²) >= 11 is 3.53. The van der Waals surface area contributed by atoms with Crippen LogP contribution in [-0.4, -0.2) is 7.05 Å². The summed E-state index contributed by atoms with van der Waals surface area (Å²) in [5, 5.41) is 3.14. The van der Waals surface area contributed by atoms with Crippen LogP contribution < -0.4 is 10.1 Å². The second-order valence-electron chi connectivity index (χ2n) is 4.17. The van der Waals surface area contributed by atoms with Gasteiger partial charge >= 0.3 is 0 Å². The van der Waals surface area contributed by atoms with Gasteiger partial charge in [0.1, 0.15) is 11.5 Å². The summed E-state index contributed by atoms with van der Waals surface area (Å²) in [6, 6.07) is 14.1. The minimum absolute atomic E-state index is 0.791. The molecule has 0 saturated carbocycles. The van der Waals surface area contributed by atoms with Gasteiger partial charge in [-0.2, -0.15) is 0 Å². The Bertz CT molecular complexity index is 540. The first-order valence-electron chi connectivity index (χ1n) is 5.87. The summed E-state index contributed by atoms with van der Waals surface area (Å²) in [4.78, 5) is 0. The van der Waals surface area contributed by atoms with Crippen molar-refractivity contribution in [2.45, 2.75) is 13.5 Å². The molecular weight excluding hydrogens is 290 g/mol. The van der Waals surface area contributed by atoms with Gasteiger partial charge in [-0.1, -0.05) is 24.3 Å². The van der Waals surface area contributed by atoms with E-state index in [4.69, 9.17) is 4.74 Å². The molecule has 0 spiro atoms. The Kier molecular flexibility index (Phi) is 4.39. The highest BCUT2D eigenvalue weighted by Gasteiger charge is 2.06. The standard InChI is InChI=1S/C15H16BrNO/c1-11-7-8-15(13(16)9-11)18-14-6-4-3-5-12(14)10-17-2/h3-9,17H,10H2,1-2H3. The molecule has 0 atom stereocenters. The van der Waals surface area contributed by atoms with Crippen molar-refractivity contribution >= 4 is 15.9 Å². The van der Waals surface area contributed by atoms with Crippen molar-refractivity contribution in [3.63, 3.8) is 0 Å². The van der Waals surface area contributed by atoms with Crippen LogP contribution in [0, 0.1) is 6.92 Å². The fourth-order valence-corrected chi connectivity index (χ4v) is 2.32. The Morgan fingerprint density at radius 3 is 2.61 bits per heavy atom. The van der Waals surface area contributed by atoms with Crippen molar-refractivity contribution in [3.05, 3.63) is 58.1 Å². The van der Waals surface area contributed by atoms with E-state index in [1.54, 1.807) is 0 Å². The number of halogens is 1. The SMILES string of the molecule is CNCc1ccccc1Oc1ccc(C)cc1Br. The first-order valence-corrected chi connectivity index (χ1v) is 6.66. The van der Waals surface area contributed by atoms with Gasteiger partial charge in [-0.15, -0.1) is 0 Å². The summed E-state index contributed by atoms with van der Waals surface area (Å²) in [7, 11) is 1.93. The quantitative estimate of drug-likeness (QED) is 0.911. The van der Waals surface area contributed by atoms with Crippen LogP contribution in [0.2, 0.25) is 0 Å². The van der Waals surface area contributed by atoms with Crippen LogP contribution in [0.3, 0.4) is 0 Å². The molecule has 0 radical (unpaired) electrons. The highest BCUT2D eigenvalue weighted by atomic mass is 79.9. The van der Waals surface area contributed by atoms with Gasteiger partial charge in [0.2, 0.25) is 0 Å². The average molecular weight is 306 g/mol. The predicted octanol–water partition coefficient (Wildman–Crippen LogP) is 4.27. The number of nitrogens with one attached hydrogen (secondary N) is 1. The molecule has 2 aromatic carbocycles. The molecule has 0 heterocycles. The maximum absolute atomic E-state index is 5.96. The fourth-order valence-electron chi connectivity index (χ4n) is 1.75. The first-order chi connectivity index (χ1) is 8.70. The zero-order chi connectivity index (χ0) is 13.0. The average Bonchev–Trinajstić information content (AvgIpc) is 2.35. The van der Waals surface area contributed by atoms with Gasteiger partial charge in [0.25, 0.3) is 0 Å². The Labute approximate surface area is 116 Å². The molecule has 0 bridgehead atoms. The Balaban J connectivity index is 2.28. The molecule has 1 N–H and O–H groups in total.